The van der Waals surface area contributed by atoms with E-state index in [0.29, 0.717) is 25.1 Å². The molecule has 4 atom stereocenters. The van der Waals surface area contributed by atoms with E-state index in [1.54, 1.807) is 31.2 Å². The lowest BCUT2D eigenvalue weighted by atomic mass is 9.96. The molecule has 0 radical (unpaired) electrons. The number of amides is 5. The number of benzene rings is 2. The van der Waals surface area contributed by atoms with E-state index in [9.17, 15) is 24.0 Å². The molecule has 0 saturated heterocycles. The van der Waals surface area contributed by atoms with Crippen LogP contribution >= 0.6 is 15.9 Å². The molecule has 50 heavy (non-hydrogen) atoms. The largest absolute Gasteiger partial charge is 0.356 e. The van der Waals surface area contributed by atoms with Crippen molar-refractivity contribution in [1.82, 2.24) is 26.6 Å². The Bertz CT molecular complexity index is 1410. The number of rotatable bonds is 19. The number of quaternary nitrogens is 2. The van der Waals surface area contributed by atoms with Gasteiger partial charge in [0.05, 0.1) is 40.8 Å². The van der Waals surface area contributed by atoms with Gasteiger partial charge in [0.15, 0.2) is 0 Å². The molecule has 1 aliphatic carbocycles. The SMILES string of the molecule is C[C@H](NC(=O)[C@H](Cc1ccccc1)NC(=O)c1ccc(Br)cc1)C(=O)N[C@H](C(=O)N[C@@H](CCCC[N+](C)(C)C)C(=O)NCC[NH3+])C1CCCC1. The molecule has 0 aromatic heterocycles. The third-order valence-electron chi connectivity index (χ3n) is 8.90. The Morgan fingerprint density at radius 3 is 2.08 bits per heavy atom. The number of carbonyl (C=O) groups is 5. The number of hydrogen-bond acceptors (Lipinski definition) is 5. The van der Waals surface area contributed by atoms with Gasteiger partial charge in [-0.15, -0.1) is 0 Å². The van der Waals surface area contributed by atoms with Crippen LogP contribution in [0, 0.1) is 5.92 Å². The van der Waals surface area contributed by atoms with E-state index in [0.717, 1.165) is 59.6 Å². The Labute approximate surface area is 304 Å². The van der Waals surface area contributed by atoms with Gasteiger partial charge in [0.2, 0.25) is 23.6 Å². The Morgan fingerprint density at radius 1 is 0.800 bits per heavy atom. The Morgan fingerprint density at radius 2 is 1.46 bits per heavy atom. The molecule has 0 spiro atoms. The standard InChI is InChI=1S/C37H54BrN7O5/c1-25(41-36(49)31(24-26-12-6-5-7-13-26)43-34(47)28-17-19-29(38)20-18-28)33(46)44-32(27-14-8-9-15-27)37(50)42-30(35(48)40-22-21-39)16-10-11-23-45(2,3)4/h5-7,12-13,17-20,25,27,30-32H,8-11,14-16,21-24,39H2,1-4H3,(H4-,40,41,42,43,44,46,47,48,49,50)/p+2/t25-,30-,31-,32-/m0/s1. The van der Waals surface area contributed by atoms with E-state index < -0.39 is 47.8 Å². The second-order valence-corrected chi connectivity index (χ2v) is 15.1. The van der Waals surface area contributed by atoms with Gasteiger partial charge in [0.25, 0.3) is 5.91 Å². The lowest BCUT2D eigenvalue weighted by molar-refractivity contribution is -0.870. The highest BCUT2D eigenvalue weighted by Crippen LogP contribution is 2.28. The summed E-state index contributed by atoms with van der Waals surface area (Å²) >= 11 is 3.37. The normalized spacial score (nSPS) is 15.6. The molecule has 3 rings (SSSR count). The maximum atomic E-state index is 13.8. The van der Waals surface area contributed by atoms with Crippen molar-refractivity contribution in [2.75, 3.05) is 40.8 Å². The van der Waals surface area contributed by atoms with Gasteiger partial charge in [0, 0.05) is 16.5 Å². The molecule has 1 aliphatic rings. The molecule has 1 saturated carbocycles. The number of carbonyl (C=O) groups excluding carboxylic acids is 5. The number of nitrogens with one attached hydrogen (secondary N) is 5. The molecule has 1 fully saturated rings. The predicted molar refractivity (Wildman–Crippen MR) is 196 cm³/mol. The number of hydrogen-bond donors (Lipinski definition) is 6. The number of halogens is 1. The van der Waals surface area contributed by atoms with Gasteiger partial charge in [0.1, 0.15) is 24.2 Å². The maximum Gasteiger partial charge on any atom is 0.251 e. The zero-order valence-corrected chi connectivity index (χ0v) is 31.5. The summed E-state index contributed by atoms with van der Waals surface area (Å²) in [6.45, 7) is 3.42. The fourth-order valence-corrected chi connectivity index (χ4v) is 6.31. The fraction of sp³-hybridized carbons (Fsp3) is 0.541. The second-order valence-electron chi connectivity index (χ2n) is 14.2. The Hall–Kier alpha value is -3.81. The lowest BCUT2D eigenvalue weighted by Gasteiger charge is -2.28. The quantitative estimate of drug-likeness (QED) is 0.0945. The van der Waals surface area contributed by atoms with E-state index >= 15 is 0 Å². The molecule has 274 valence electrons. The van der Waals surface area contributed by atoms with E-state index in [4.69, 9.17) is 0 Å². The van der Waals surface area contributed by atoms with Gasteiger partial charge in [-0.1, -0.05) is 59.1 Å². The van der Waals surface area contributed by atoms with Gasteiger partial charge in [-0.05, 0) is 74.8 Å². The molecule has 2 aromatic carbocycles. The van der Waals surface area contributed by atoms with Crippen LogP contribution in [0.25, 0.3) is 0 Å². The summed E-state index contributed by atoms with van der Waals surface area (Å²) in [6.07, 6.45) is 5.74. The second kappa shape index (κ2) is 20.1. The van der Waals surface area contributed by atoms with E-state index in [1.807, 2.05) is 30.3 Å². The van der Waals surface area contributed by atoms with Crippen molar-refractivity contribution in [3.05, 3.63) is 70.2 Å². The minimum Gasteiger partial charge on any atom is -0.356 e. The molecule has 0 heterocycles. The maximum absolute atomic E-state index is 13.8. The Balaban J connectivity index is 1.71. The molecule has 12 nitrogen and oxygen atoms in total. The van der Waals surface area contributed by atoms with Gasteiger partial charge >= 0.3 is 0 Å². The van der Waals surface area contributed by atoms with Crippen LogP contribution in [0.1, 0.15) is 67.8 Å². The zero-order chi connectivity index (χ0) is 36.7. The van der Waals surface area contributed by atoms with Crippen LogP contribution in [0.4, 0.5) is 0 Å². The van der Waals surface area contributed by atoms with Crippen molar-refractivity contribution in [3.8, 4) is 0 Å². The van der Waals surface area contributed by atoms with Gasteiger partial charge in [-0.3, -0.25) is 24.0 Å². The summed E-state index contributed by atoms with van der Waals surface area (Å²) in [4.78, 5) is 67.2. The summed E-state index contributed by atoms with van der Waals surface area (Å²) in [7, 11) is 6.34. The summed E-state index contributed by atoms with van der Waals surface area (Å²) < 4.78 is 1.63. The minimum absolute atomic E-state index is 0.0976. The molecule has 0 unspecified atom stereocenters. The van der Waals surface area contributed by atoms with E-state index in [1.165, 1.54) is 0 Å². The smallest absolute Gasteiger partial charge is 0.251 e. The molecule has 0 bridgehead atoms. The van der Waals surface area contributed by atoms with Crippen molar-refractivity contribution in [3.63, 3.8) is 0 Å². The van der Waals surface area contributed by atoms with Crippen LogP contribution in [0.3, 0.4) is 0 Å². The summed E-state index contributed by atoms with van der Waals surface area (Å²) in [6, 6.07) is 12.5. The average molecular weight is 759 g/mol. The van der Waals surface area contributed by atoms with Gasteiger partial charge in [-0.25, -0.2) is 0 Å². The van der Waals surface area contributed by atoms with Gasteiger partial charge in [-0.2, -0.15) is 0 Å². The third-order valence-corrected chi connectivity index (χ3v) is 9.42. The predicted octanol–water partition coefficient (Wildman–Crippen LogP) is 1.69. The topological polar surface area (TPSA) is 173 Å². The van der Waals surface area contributed by atoms with Crippen LogP contribution in [0.2, 0.25) is 0 Å². The first-order chi connectivity index (χ1) is 23.8. The van der Waals surface area contributed by atoms with Crippen molar-refractivity contribution >= 4 is 45.5 Å². The van der Waals surface area contributed by atoms with E-state index in [-0.39, 0.29) is 18.2 Å². The van der Waals surface area contributed by atoms with E-state index in [2.05, 4.69) is 69.4 Å². The monoisotopic (exact) mass is 757 g/mol. The molecule has 0 aliphatic heterocycles. The first-order valence-electron chi connectivity index (χ1n) is 17.7. The van der Waals surface area contributed by atoms with Crippen molar-refractivity contribution in [1.29, 1.82) is 0 Å². The van der Waals surface area contributed by atoms with Crippen molar-refractivity contribution in [2.24, 2.45) is 5.92 Å². The fourth-order valence-electron chi connectivity index (χ4n) is 6.05. The first kappa shape index (κ1) is 40.6. The zero-order valence-electron chi connectivity index (χ0n) is 29.9. The molecule has 13 heteroatoms. The molecule has 2 aromatic rings. The highest BCUT2D eigenvalue weighted by atomic mass is 79.9. The molecule has 5 amide bonds. The summed E-state index contributed by atoms with van der Waals surface area (Å²) in [5, 5.41) is 14.3. The molecular formula is C37H56BrN7O5+2. The van der Waals surface area contributed by atoms with Gasteiger partial charge < -0.3 is 36.8 Å². The summed E-state index contributed by atoms with van der Waals surface area (Å²) in [5.74, 6) is -2.24. The Kier molecular flexibility index (Phi) is 16.4. The lowest BCUT2D eigenvalue weighted by Crippen LogP contribution is -2.60. The number of nitrogens with zero attached hydrogens (tertiary/aromatic N) is 1. The number of unbranched alkanes of at least 4 members (excludes halogenated alkanes) is 1. The molecule has 8 N–H and O–H groups in total. The van der Waals surface area contributed by atoms with Crippen LogP contribution in [0.5, 0.6) is 0 Å². The first-order valence-corrected chi connectivity index (χ1v) is 18.5. The third kappa shape index (κ3) is 13.8. The highest BCUT2D eigenvalue weighted by molar-refractivity contribution is 9.10. The van der Waals surface area contributed by atoms with Crippen LogP contribution < -0.4 is 32.3 Å². The summed E-state index contributed by atoms with van der Waals surface area (Å²) in [5.41, 5.74) is 5.02. The van der Waals surface area contributed by atoms with Crippen LogP contribution in [-0.4, -0.2) is 99.0 Å². The van der Waals surface area contributed by atoms with Crippen molar-refractivity contribution in [2.45, 2.75) is 82.5 Å². The molecular weight excluding hydrogens is 702 g/mol. The van der Waals surface area contributed by atoms with Crippen molar-refractivity contribution < 1.29 is 34.2 Å². The average Bonchev–Trinajstić information content (AvgIpc) is 3.62. The minimum atomic E-state index is -1.01. The highest BCUT2D eigenvalue weighted by Gasteiger charge is 2.35. The van der Waals surface area contributed by atoms with Crippen LogP contribution in [-0.2, 0) is 25.6 Å². The van der Waals surface area contributed by atoms with Crippen LogP contribution in [0.15, 0.2) is 59.1 Å².